The lowest BCUT2D eigenvalue weighted by atomic mass is 10.2. The number of hydrogen-bond acceptors (Lipinski definition) is 4. The highest BCUT2D eigenvalue weighted by molar-refractivity contribution is 7.99. The molecular weight excluding hydrogens is 413 g/mol. The number of carbonyl (C=O) groups is 1. The first-order valence-electron chi connectivity index (χ1n) is 8.89. The first-order valence-corrected chi connectivity index (χ1v) is 10.3. The summed E-state index contributed by atoms with van der Waals surface area (Å²) in [6.07, 6.45) is 0.392. The molecular formula is C18H22ClF3N4OS. The van der Waals surface area contributed by atoms with E-state index in [-0.39, 0.29) is 17.5 Å². The van der Waals surface area contributed by atoms with Crippen LogP contribution in [0.3, 0.4) is 0 Å². The molecule has 2 aromatic heterocycles. The van der Waals surface area contributed by atoms with Crippen molar-refractivity contribution in [1.29, 1.82) is 0 Å². The van der Waals surface area contributed by atoms with Crippen LogP contribution in [0.2, 0.25) is 5.15 Å². The van der Waals surface area contributed by atoms with Gasteiger partial charge in [0.25, 0.3) is 0 Å². The fourth-order valence-corrected chi connectivity index (χ4v) is 4.06. The summed E-state index contributed by atoms with van der Waals surface area (Å²) < 4.78 is 39.2. The van der Waals surface area contributed by atoms with Gasteiger partial charge in [-0.3, -0.25) is 9.78 Å². The third-order valence-corrected chi connectivity index (χ3v) is 5.73. The number of nitrogens with zero attached hydrogens (tertiary/aromatic N) is 4. The number of carbonyl (C=O) groups excluding carboxylic acids is 1. The number of thioether (sulfide) groups is 1. The van der Waals surface area contributed by atoms with Crippen molar-refractivity contribution in [3.8, 4) is 5.69 Å². The monoisotopic (exact) mass is 434 g/mol. The lowest BCUT2D eigenvalue weighted by Gasteiger charge is -2.20. The second kappa shape index (κ2) is 10.2. The molecule has 10 heteroatoms. The van der Waals surface area contributed by atoms with Gasteiger partial charge in [0.1, 0.15) is 5.69 Å². The van der Waals surface area contributed by atoms with Crippen molar-refractivity contribution in [3.05, 3.63) is 35.9 Å². The van der Waals surface area contributed by atoms with E-state index in [2.05, 4.69) is 10.1 Å². The average molecular weight is 435 g/mol. The number of pyridine rings is 1. The summed E-state index contributed by atoms with van der Waals surface area (Å²) in [5, 5.41) is 3.85. The standard InChI is InChI=1S/C18H22ClF3N4OS/c1-3-14(10-18(20,21)22)28-9-7-16(27)25(4-2)15-12-26(24-17(15)19)13-6-5-8-23-11-13/h5-6,8,11-12,14H,3-4,7,9-10H2,1-2H3. The molecule has 0 aliphatic carbocycles. The zero-order chi connectivity index (χ0) is 20.7. The third kappa shape index (κ3) is 6.41. The topological polar surface area (TPSA) is 51.0 Å². The van der Waals surface area contributed by atoms with Crippen molar-refractivity contribution < 1.29 is 18.0 Å². The molecule has 0 aliphatic heterocycles. The van der Waals surface area contributed by atoms with Gasteiger partial charge in [-0.1, -0.05) is 18.5 Å². The molecule has 0 saturated carbocycles. The Balaban J connectivity index is 2.01. The Morgan fingerprint density at radius 2 is 2.14 bits per heavy atom. The maximum Gasteiger partial charge on any atom is 0.390 e. The van der Waals surface area contributed by atoms with Crippen molar-refractivity contribution in [2.45, 2.75) is 44.5 Å². The molecule has 154 valence electrons. The van der Waals surface area contributed by atoms with Crippen molar-refractivity contribution in [2.24, 2.45) is 0 Å². The summed E-state index contributed by atoms with van der Waals surface area (Å²) in [6, 6.07) is 3.57. The number of rotatable bonds is 9. The maximum absolute atomic E-state index is 12.6. The van der Waals surface area contributed by atoms with Gasteiger partial charge in [-0.25, -0.2) is 4.68 Å². The number of alkyl halides is 3. The molecule has 2 rings (SSSR count). The van der Waals surface area contributed by atoms with Gasteiger partial charge in [0.05, 0.1) is 24.5 Å². The second-order valence-corrected chi connectivity index (χ2v) is 7.84. The zero-order valence-corrected chi connectivity index (χ0v) is 17.2. The van der Waals surface area contributed by atoms with Crippen molar-refractivity contribution in [3.63, 3.8) is 0 Å². The van der Waals surface area contributed by atoms with Gasteiger partial charge >= 0.3 is 6.18 Å². The molecule has 0 radical (unpaired) electrons. The van der Waals surface area contributed by atoms with Crippen LogP contribution in [0.15, 0.2) is 30.7 Å². The van der Waals surface area contributed by atoms with Gasteiger partial charge in [-0.05, 0) is 25.5 Å². The number of halogens is 4. The molecule has 28 heavy (non-hydrogen) atoms. The molecule has 0 fully saturated rings. The quantitative estimate of drug-likeness (QED) is 0.549. The van der Waals surface area contributed by atoms with Crippen LogP contribution in [0.25, 0.3) is 5.69 Å². The van der Waals surface area contributed by atoms with Gasteiger partial charge in [0, 0.05) is 30.2 Å². The van der Waals surface area contributed by atoms with E-state index < -0.39 is 17.8 Å². The van der Waals surface area contributed by atoms with Crippen LogP contribution in [-0.4, -0.2) is 44.4 Å². The molecule has 0 N–H and O–H groups in total. The van der Waals surface area contributed by atoms with Gasteiger partial charge in [-0.15, -0.1) is 0 Å². The summed E-state index contributed by atoms with van der Waals surface area (Å²) in [5.74, 6) is 0.114. The molecule has 5 nitrogen and oxygen atoms in total. The number of hydrogen-bond donors (Lipinski definition) is 0. The maximum atomic E-state index is 12.6. The largest absolute Gasteiger partial charge is 0.390 e. The highest BCUT2D eigenvalue weighted by atomic mass is 35.5. The molecule has 1 atom stereocenters. The lowest BCUT2D eigenvalue weighted by molar-refractivity contribution is -0.134. The van der Waals surface area contributed by atoms with E-state index in [0.717, 1.165) is 0 Å². The number of anilines is 1. The Morgan fingerprint density at radius 1 is 1.39 bits per heavy atom. The van der Waals surface area contributed by atoms with Crippen LogP contribution in [0.1, 0.15) is 33.1 Å². The Morgan fingerprint density at radius 3 is 2.71 bits per heavy atom. The third-order valence-electron chi connectivity index (χ3n) is 4.05. The Bertz CT molecular complexity index is 770. The molecule has 0 spiro atoms. The van der Waals surface area contributed by atoms with E-state index in [1.807, 2.05) is 0 Å². The van der Waals surface area contributed by atoms with Crippen molar-refractivity contribution >= 4 is 35.0 Å². The van der Waals surface area contributed by atoms with Gasteiger partial charge in [0.2, 0.25) is 5.91 Å². The number of amides is 1. The van der Waals surface area contributed by atoms with Crippen LogP contribution in [-0.2, 0) is 4.79 Å². The Hall–Kier alpha value is -1.74. The van der Waals surface area contributed by atoms with E-state index >= 15 is 0 Å². The van der Waals surface area contributed by atoms with Crippen LogP contribution in [0.4, 0.5) is 18.9 Å². The van der Waals surface area contributed by atoms with Crippen molar-refractivity contribution in [2.75, 3.05) is 17.2 Å². The molecule has 2 heterocycles. The SMILES string of the molecule is CCC(CC(F)(F)F)SCCC(=O)N(CC)c1cn(-c2cccnc2)nc1Cl. The molecule has 0 bridgehead atoms. The van der Waals surface area contributed by atoms with Crippen LogP contribution in [0.5, 0.6) is 0 Å². The lowest BCUT2D eigenvalue weighted by Crippen LogP contribution is -2.31. The van der Waals surface area contributed by atoms with E-state index in [1.165, 1.54) is 21.3 Å². The fourth-order valence-electron chi connectivity index (χ4n) is 2.65. The first kappa shape index (κ1) is 22.5. The van der Waals surface area contributed by atoms with E-state index in [1.54, 1.807) is 44.6 Å². The normalized spacial score (nSPS) is 12.8. The van der Waals surface area contributed by atoms with Gasteiger partial charge < -0.3 is 4.90 Å². The minimum absolute atomic E-state index is 0.126. The number of aromatic nitrogens is 3. The highest BCUT2D eigenvalue weighted by Crippen LogP contribution is 2.31. The molecule has 0 aliphatic rings. The molecule has 2 aromatic rings. The Labute approximate surface area is 171 Å². The van der Waals surface area contributed by atoms with E-state index in [4.69, 9.17) is 11.6 Å². The predicted molar refractivity (Wildman–Crippen MR) is 106 cm³/mol. The first-order chi connectivity index (χ1) is 13.2. The smallest absolute Gasteiger partial charge is 0.308 e. The van der Waals surface area contributed by atoms with E-state index in [0.29, 0.717) is 30.1 Å². The van der Waals surface area contributed by atoms with E-state index in [9.17, 15) is 18.0 Å². The predicted octanol–water partition coefficient (Wildman–Crippen LogP) is 5.13. The zero-order valence-electron chi connectivity index (χ0n) is 15.6. The van der Waals surface area contributed by atoms with Crippen LogP contribution < -0.4 is 4.90 Å². The van der Waals surface area contributed by atoms with Gasteiger partial charge in [0.15, 0.2) is 5.15 Å². The minimum atomic E-state index is -4.19. The summed E-state index contributed by atoms with van der Waals surface area (Å²) in [6.45, 7) is 3.90. The van der Waals surface area contributed by atoms with Crippen molar-refractivity contribution in [1.82, 2.24) is 14.8 Å². The second-order valence-electron chi connectivity index (χ2n) is 6.07. The highest BCUT2D eigenvalue weighted by Gasteiger charge is 2.31. The molecule has 0 saturated heterocycles. The summed E-state index contributed by atoms with van der Waals surface area (Å²) >= 11 is 7.39. The molecule has 0 aromatic carbocycles. The molecule has 1 amide bonds. The fraction of sp³-hybridized carbons (Fsp3) is 0.500. The molecule has 1 unspecified atom stereocenters. The summed E-state index contributed by atoms with van der Waals surface area (Å²) in [4.78, 5) is 18.1. The van der Waals surface area contributed by atoms with Crippen LogP contribution >= 0.6 is 23.4 Å². The summed E-state index contributed by atoms with van der Waals surface area (Å²) in [5.41, 5.74) is 1.16. The minimum Gasteiger partial charge on any atom is -0.308 e. The Kier molecular flexibility index (Phi) is 8.18. The van der Waals surface area contributed by atoms with Gasteiger partial charge in [-0.2, -0.15) is 30.0 Å². The van der Waals surface area contributed by atoms with Crippen LogP contribution in [0, 0.1) is 0 Å². The average Bonchev–Trinajstić information content (AvgIpc) is 3.03. The summed E-state index contributed by atoms with van der Waals surface area (Å²) in [7, 11) is 0.